The van der Waals surface area contributed by atoms with Gasteiger partial charge in [0.2, 0.25) is 0 Å². The quantitative estimate of drug-likeness (QED) is 0.515. The third kappa shape index (κ3) is 4.30. The average Bonchev–Trinajstić information content (AvgIpc) is 2.97. The van der Waals surface area contributed by atoms with Gasteiger partial charge in [-0.2, -0.15) is 0 Å². The fraction of sp³-hybridized carbons (Fsp3) is 0.167. The highest BCUT2D eigenvalue weighted by Gasteiger charge is 2.50. The molecule has 4 rings (SSSR count). The lowest BCUT2D eigenvalue weighted by Gasteiger charge is -2.23. The molecule has 0 fully saturated rings. The van der Waals surface area contributed by atoms with Gasteiger partial charge in [-0.3, -0.25) is 9.59 Å². The molecule has 31 heavy (non-hydrogen) atoms. The van der Waals surface area contributed by atoms with Crippen LogP contribution in [-0.2, 0) is 10.4 Å². The Morgan fingerprint density at radius 3 is 2.23 bits per heavy atom. The number of para-hydroxylation sites is 1. The summed E-state index contributed by atoms with van der Waals surface area (Å²) in [6.45, 7) is 0.429. The van der Waals surface area contributed by atoms with Crippen LogP contribution in [0, 0.1) is 0 Å². The first-order valence-electron chi connectivity index (χ1n) is 9.69. The predicted molar refractivity (Wildman–Crippen MR) is 120 cm³/mol. The summed E-state index contributed by atoms with van der Waals surface area (Å²) in [5, 5.41) is 12.4. The summed E-state index contributed by atoms with van der Waals surface area (Å²) in [6.07, 6.45) is -0.362. The molecule has 0 saturated heterocycles. The minimum atomic E-state index is -1.94. The van der Waals surface area contributed by atoms with E-state index in [-0.39, 0.29) is 25.4 Å². The van der Waals surface area contributed by atoms with Crippen LogP contribution >= 0.6 is 23.2 Å². The van der Waals surface area contributed by atoms with Gasteiger partial charge in [0.15, 0.2) is 11.4 Å². The van der Waals surface area contributed by atoms with Gasteiger partial charge in [0.05, 0.1) is 18.7 Å². The van der Waals surface area contributed by atoms with Gasteiger partial charge in [0.25, 0.3) is 5.91 Å². The Morgan fingerprint density at radius 1 is 0.935 bits per heavy atom. The second-order valence-electron chi connectivity index (χ2n) is 7.24. The topological polar surface area (TPSA) is 66.8 Å². The van der Waals surface area contributed by atoms with Crippen LogP contribution in [0.15, 0.2) is 72.8 Å². The number of ether oxygens (including phenoxy) is 1. The smallest absolute Gasteiger partial charge is 0.264 e. The van der Waals surface area contributed by atoms with Crippen LogP contribution in [-0.4, -0.2) is 29.9 Å². The van der Waals surface area contributed by atoms with Crippen LogP contribution in [0.4, 0.5) is 5.69 Å². The molecule has 1 atom stereocenters. The van der Waals surface area contributed by atoms with Crippen molar-refractivity contribution in [2.75, 3.05) is 18.1 Å². The standard InChI is InChI=1S/C24H19Cl2NO4/c25-17-7-5-16(6-8-17)22(28)15-24(30)20-3-1-2-4-21(20)27(23(24)29)13-14-31-19-11-9-18(26)10-12-19/h1-12,30H,13-15H2. The minimum absolute atomic E-state index is 0.211. The maximum Gasteiger partial charge on any atom is 0.264 e. The average molecular weight is 456 g/mol. The Labute approximate surface area is 189 Å². The molecule has 7 heteroatoms. The molecule has 0 spiro atoms. The number of fused-ring (bicyclic) bond motifs is 1. The van der Waals surface area contributed by atoms with E-state index in [1.54, 1.807) is 72.8 Å². The molecule has 1 amide bonds. The van der Waals surface area contributed by atoms with Gasteiger partial charge in [-0.1, -0.05) is 41.4 Å². The molecular formula is C24H19Cl2NO4. The van der Waals surface area contributed by atoms with E-state index in [9.17, 15) is 14.7 Å². The van der Waals surface area contributed by atoms with Gasteiger partial charge in [0.1, 0.15) is 12.4 Å². The molecule has 0 aliphatic carbocycles. The Hall–Kier alpha value is -2.86. The molecule has 1 aliphatic heterocycles. The highest BCUT2D eigenvalue weighted by atomic mass is 35.5. The number of anilines is 1. The normalized spacial score (nSPS) is 17.5. The zero-order valence-corrected chi connectivity index (χ0v) is 17.9. The second-order valence-corrected chi connectivity index (χ2v) is 8.12. The number of Topliss-reactive ketones (excluding diaryl/α,β-unsaturated/α-hetero) is 1. The molecule has 1 N–H and O–H groups in total. The number of ketones is 1. The Balaban J connectivity index is 1.52. The van der Waals surface area contributed by atoms with Crippen LogP contribution in [0.2, 0.25) is 10.0 Å². The maximum absolute atomic E-state index is 13.2. The molecule has 3 aromatic carbocycles. The number of amides is 1. The molecule has 0 saturated carbocycles. The van der Waals surface area contributed by atoms with E-state index >= 15 is 0 Å². The van der Waals surface area contributed by atoms with Crippen LogP contribution in [0.1, 0.15) is 22.3 Å². The Kier molecular flexibility index (Phi) is 6.01. The van der Waals surface area contributed by atoms with E-state index in [1.807, 2.05) is 0 Å². The van der Waals surface area contributed by atoms with E-state index < -0.39 is 11.5 Å². The van der Waals surface area contributed by atoms with Crippen molar-refractivity contribution in [2.24, 2.45) is 0 Å². The number of aliphatic hydroxyl groups is 1. The van der Waals surface area contributed by atoms with Crippen LogP contribution < -0.4 is 9.64 Å². The number of nitrogens with zero attached hydrogens (tertiary/aromatic N) is 1. The number of hydrogen-bond donors (Lipinski definition) is 1. The first-order chi connectivity index (χ1) is 14.9. The lowest BCUT2D eigenvalue weighted by molar-refractivity contribution is -0.135. The number of carbonyl (C=O) groups is 2. The maximum atomic E-state index is 13.2. The summed E-state index contributed by atoms with van der Waals surface area (Å²) in [7, 11) is 0. The first-order valence-corrected chi connectivity index (χ1v) is 10.4. The second kappa shape index (κ2) is 8.71. The van der Waals surface area contributed by atoms with Crippen molar-refractivity contribution in [3.05, 3.63) is 94.0 Å². The highest BCUT2D eigenvalue weighted by molar-refractivity contribution is 6.31. The third-order valence-corrected chi connectivity index (χ3v) is 5.72. The molecule has 0 aromatic heterocycles. The Bertz CT molecular complexity index is 1120. The fourth-order valence-electron chi connectivity index (χ4n) is 3.66. The fourth-order valence-corrected chi connectivity index (χ4v) is 3.91. The molecule has 3 aromatic rings. The van der Waals surface area contributed by atoms with E-state index in [2.05, 4.69) is 0 Å². The summed E-state index contributed by atoms with van der Waals surface area (Å²) >= 11 is 11.8. The van der Waals surface area contributed by atoms with Gasteiger partial charge < -0.3 is 14.7 Å². The van der Waals surface area contributed by atoms with E-state index in [0.717, 1.165) is 0 Å². The zero-order chi connectivity index (χ0) is 22.0. The summed E-state index contributed by atoms with van der Waals surface area (Å²) in [5.41, 5.74) is -0.576. The summed E-state index contributed by atoms with van der Waals surface area (Å²) < 4.78 is 5.70. The largest absolute Gasteiger partial charge is 0.492 e. The summed E-state index contributed by atoms with van der Waals surface area (Å²) in [5.74, 6) is -0.269. The van der Waals surface area contributed by atoms with E-state index in [4.69, 9.17) is 27.9 Å². The number of hydrogen-bond acceptors (Lipinski definition) is 4. The first kappa shape index (κ1) is 21.4. The number of rotatable bonds is 7. The molecule has 1 heterocycles. The predicted octanol–water partition coefficient (Wildman–Crippen LogP) is 4.88. The molecule has 1 aliphatic rings. The van der Waals surface area contributed by atoms with E-state index in [1.165, 1.54) is 4.90 Å². The monoisotopic (exact) mass is 455 g/mol. The third-order valence-electron chi connectivity index (χ3n) is 5.22. The highest BCUT2D eigenvalue weighted by Crippen LogP contribution is 2.42. The van der Waals surface area contributed by atoms with Crippen molar-refractivity contribution in [3.8, 4) is 5.75 Å². The van der Waals surface area contributed by atoms with Gasteiger partial charge in [0, 0.05) is 21.2 Å². The number of carbonyl (C=O) groups excluding carboxylic acids is 2. The summed E-state index contributed by atoms with van der Waals surface area (Å²) in [6, 6.07) is 20.2. The van der Waals surface area contributed by atoms with Crippen LogP contribution in [0.3, 0.4) is 0 Å². The van der Waals surface area contributed by atoms with Gasteiger partial charge in [-0.05, 0) is 54.6 Å². The summed E-state index contributed by atoms with van der Waals surface area (Å²) in [4.78, 5) is 27.5. The van der Waals surface area contributed by atoms with Crippen molar-refractivity contribution < 1.29 is 19.4 Å². The van der Waals surface area contributed by atoms with Crippen LogP contribution in [0.5, 0.6) is 5.75 Å². The SMILES string of the molecule is O=C(CC1(O)C(=O)N(CCOc2ccc(Cl)cc2)c2ccccc21)c1ccc(Cl)cc1. The molecule has 5 nitrogen and oxygen atoms in total. The molecule has 158 valence electrons. The lowest BCUT2D eigenvalue weighted by Crippen LogP contribution is -2.43. The van der Waals surface area contributed by atoms with Crippen LogP contribution in [0.25, 0.3) is 0 Å². The molecule has 1 unspecified atom stereocenters. The van der Waals surface area contributed by atoms with Crippen molar-refractivity contribution in [1.29, 1.82) is 0 Å². The van der Waals surface area contributed by atoms with Crippen molar-refractivity contribution >= 4 is 40.6 Å². The van der Waals surface area contributed by atoms with Crippen molar-refractivity contribution in [3.63, 3.8) is 0 Å². The van der Waals surface area contributed by atoms with Crippen molar-refractivity contribution in [2.45, 2.75) is 12.0 Å². The molecule has 0 radical (unpaired) electrons. The number of benzene rings is 3. The van der Waals surface area contributed by atoms with Crippen molar-refractivity contribution in [1.82, 2.24) is 0 Å². The van der Waals surface area contributed by atoms with Gasteiger partial charge >= 0.3 is 0 Å². The van der Waals surface area contributed by atoms with Gasteiger partial charge in [-0.15, -0.1) is 0 Å². The zero-order valence-electron chi connectivity index (χ0n) is 16.4. The Morgan fingerprint density at radius 2 is 1.55 bits per heavy atom. The number of halogens is 2. The molecular weight excluding hydrogens is 437 g/mol. The minimum Gasteiger partial charge on any atom is -0.492 e. The lowest BCUT2D eigenvalue weighted by atomic mass is 9.88. The van der Waals surface area contributed by atoms with E-state index in [0.29, 0.717) is 32.6 Å². The molecule has 0 bridgehead atoms. The van der Waals surface area contributed by atoms with Gasteiger partial charge in [-0.25, -0.2) is 0 Å².